The molecule has 1 aromatic heterocycles. The second-order valence-corrected chi connectivity index (χ2v) is 6.72. The van der Waals surface area contributed by atoms with Gasteiger partial charge in [-0.1, -0.05) is 36.0 Å². The molecule has 0 radical (unpaired) electrons. The predicted molar refractivity (Wildman–Crippen MR) is 88.5 cm³/mol. The summed E-state index contributed by atoms with van der Waals surface area (Å²) in [6, 6.07) is 13.5. The zero-order valence-electron chi connectivity index (χ0n) is 11.1. The molecule has 106 valence electrons. The average molecular weight is 315 g/mol. The quantitative estimate of drug-likeness (QED) is 0.647. The zero-order valence-corrected chi connectivity index (χ0v) is 12.7. The van der Waals surface area contributed by atoms with E-state index in [1.54, 1.807) is 11.3 Å². The molecule has 0 amide bonds. The van der Waals surface area contributed by atoms with Crippen LogP contribution in [0.5, 0.6) is 0 Å². The Morgan fingerprint density at radius 1 is 1.19 bits per heavy atom. The van der Waals surface area contributed by atoms with E-state index in [0.717, 1.165) is 16.8 Å². The maximum Gasteiger partial charge on any atom is 0.170 e. The van der Waals surface area contributed by atoms with Crippen molar-refractivity contribution in [1.29, 1.82) is 0 Å². The molecule has 21 heavy (non-hydrogen) atoms. The molecule has 5 heteroatoms. The van der Waals surface area contributed by atoms with Gasteiger partial charge in [-0.25, -0.2) is 4.99 Å². The summed E-state index contributed by atoms with van der Waals surface area (Å²) in [6.45, 7) is 0. The van der Waals surface area contributed by atoms with Gasteiger partial charge in [0.25, 0.3) is 0 Å². The summed E-state index contributed by atoms with van der Waals surface area (Å²) in [6.07, 6.45) is 1.27. The number of Topliss-reactive ketones (excluding diaryl/α,β-unsaturated/α-hetero) is 1. The first-order chi connectivity index (χ1) is 10.3. The molecular formula is C16H13NO2S2. The first-order valence-corrected chi connectivity index (χ1v) is 8.25. The van der Waals surface area contributed by atoms with Crippen molar-refractivity contribution in [3.8, 4) is 0 Å². The fourth-order valence-corrected chi connectivity index (χ4v) is 4.27. The Morgan fingerprint density at radius 3 is 2.67 bits per heavy atom. The fraction of sp³-hybridized carbons (Fsp3) is 0.125. The maximum atomic E-state index is 12.2. The first-order valence-electron chi connectivity index (χ1n) is 6.49. The van der Waals surface area contributed by atoms with Crippen LogP contribution in [0.1, 0.15) is 16.5 Å². The fourth-order valence-electron chi connectivity index (χ4n) is 2.10. The van der Waals surface area contributed by atoms with Crippen molar-refractivity contribution in [2.24, 2.45) is 4.99 Å². The van der Waals surface area contributed by atoms with Crippen molar-refractivity contribution < 1.29 is 9.90 Å². The second kappa shape index (κ2) is 6.28. The van der Waals surface area contributed by atoms with Crippen LogP contribution in [0.2, 0.25) is 0 Å². The first kappa shape index (κ1) is 14.1. The molecule has 1 saturated heterocycles. The second-order valence-electron chi connectivity index (χ2n) is 4.54. The summed E-state index contributed by atoms with van der Waals surface area (Å²) < 4.78 is 0. The molecule has 0 unspecified atom stereocenters. The van der Waals surface area contributed by atoms with Gasteiger partial charge in [0.05, 0.1) is 22.8 Å². The third-order valence-electron chi connectivity index (χ3n) is 3.13. The van der Waals surface area contributed by atoms with E-state index >= 15 is 0 Å². The Kier molecular flexibility index (Phi) is 4.22. The number of ketones is 1. The van der Waals surface area contributed by atoms with E-state index in [-0.39, 0.29) is 11.0 Å². The highest BCUT2D eigenvalue weighted by Crippen LogP contribution is 2.42. The Bertz CT molecular complexity index is 690. The molecule has 3 nitrogen and oxygen atoms in total. The van der Waals surface area contributed by atoms with Crippen LogP contribution in [0.15, 0.2) is 64.7 Å². The number of aliphatic hydroxyl groups excluding tert-OH is 1. The third kappa shape index (κ3) is 3.09. The standard InChI is InChI=1S/C16H13NO2S2/c18-10-12-13(19)9-15(14-7-4-8-20-14)21-16(12)17-11-5-2-1-3-6-11/h1-8,10,15,18H,9H2/b12-10-,17-16?/t15-/m0/s1. The van der Waals surface area contributed by atoms with Gasteiger partial charge >= 0.3 is 0 Å². The molecular weight excluding hydrogens is 302 g/mol. The molecule has 1 aliphatic heterocycles. The predicted octanol–water partition coefficient (Wildman–Crippen LogP) is 4.67. The lowest BCUT2D eigenvalue weighted by Gasteiger charge is -2.22. The van der Waals surface area contributed by atoms with Crippen molar-refractivity contribution in [2.45, 2.75) is 11.7 Å². The molecule has 3 rings (SSSR count). The molecule has 1 aliphatic rings. The van der Waals surface area contributed by atoms with E-state index in [0.29, 0.717) is 17.0 Å². The SMILES string of the molecule is O=C1C[C@@H](c2cccs2)SC(=Nc2ccccc2)/C1=C\O. The Hall–Kier alpha value is -1.85. The minimum Gasteiger partial charge on any atom is -0.515 e. The summed E-state index contributed by atoms with van der Waals surface area (Å²) in [7, 11) is 0. The van der Waals surface area contributed by atoms with Crippen molar-refractivity contribution in [3.05, 3.63) is 64.6 Å². The van der Waals surface area contributed by atoms with Gasteiger partial charge in [0.2, 0.25) is 0 Å². The van der Waals surface area contributed by atoms with Gasteiger partial charge in [-0.15, -0.1) is 11.3 Å². The van der Waals surface area contributed by atoms with Crippen LogP contribution in [0.4, 0.5) is 5.69 Å². The minimum absolute atomic E-state index is 0.0654. The Balaban J connectivity index is 1.95. The largest absolute Gasteiger partial charge is 0.515 e. The number of hydrogen-bond acceptors (Lipinski definition) is 5. The number of rotatable bonds is 2. The molecule has 1 fully saturated rings. The molecule has 0 spiro atoms. The summed E-state index contributed by atoms with van der Waals surface area (Å²) in [4.78, 5) is 17.9. The zero-order chi connectivity index (χ0) is 14.7. The van der Waals surface area contributed by atoms with E-state index < -0.39 is 0 Å². The number of thiophene rings is 1. The van der Waals surface area contributed by atoms with Crippen molar-refractivity contribution in [1.82, 2.24) is 0 Å². The van der Waals surface area contributed by atoms with Crippen molar-refractivity contribution in [2.75, 3.05) is 0 Å². The Labute approximate surface area is 131 Å². The highest BCUT2D eigenvalue weighted by molar-refractivity contribution is 8.15. The lowest BCUT2D eigenvalue weighted by molar-refractivity contribution is -0.115. The monoisotopic (exact) mass is 315 g/mol. The number of nitrogens with zero attached hydrogens (tertiary/aromatic N) is 1. The molecule has 0 bridgehead atoms. The van der Waals surface area contributed by atoms with Gasteiger partial charge in [-0.05, 0) is 23.6 Å². The van der Waals surface area contributed by atoms with Gasteiger partial charge < -0.3 is 5.11 Å². The van der Waals surface area contributed by atoms with E-state index in [2.05, 4.69) is 4.99 Å². The summed E-state index contributed by atoms with van der Waals surface area (Å²) >= 11 is 3.17. The smallest absolute Gasteiger partial charge is 0.170 e. The lowest BCUT2D eigenvalue weighted by Crippen LogP contribution is -2.20. The summed E-state index contributed by atoms with van der Waals surface area (Å²) in [5.41, 5.74) is 1.08. The summed E-state index contributed by atoms with van der Waals surface area (Å²) in [5, 5.41) is 12.0. The number of aliphatic hydroxyl groups is 1. The highest BCUT2D eigenvalue weighted by atomic mass is 32.2. The van der Waals surface area contributed by atoms with Crippen molar-refractivity contribution in [3.63, 3.8) is 0 Å². The Morgan fingerprint density at radius 2 is 2.00 bits per heavy atom. The number of carbonyl (C=O) groups excluding carboxylic acids is 1. The molecule has 0 saturated carbocycles. The molecule has 2 heterocycles. The average Bonchev–Trinajstić information content (AvgIpc) is 3.02. The van der Waals surface area contributed by atoms with Crippen LogP contribution in [0.3, 0.4) is 0 Å². The van der Waals surface area contributed by atoms with E-state index in [9.17, 15) is 9.90 Å². The van der Waals surface area contributed by atoms with E-state index in [1.165, 1.54) is 11.8 Å². The molecule has 1 N–H and O–H groups in total. The molecule has 0 aliphatic carbocycles. The topological polar surface area (TPSA) is 49.7 Å². The molecule has 1 aromatic carbocycles. The van der Waals surface area contributed by atoms with Crippen LogP contribution in [0, 0.1) is 0 Å². The van der Waals surface area contributed by atoms with E-state index in [1.807, 2.05) is 47.8 Å². The summed E-state index contributed by atoms with van der Waals surface area (Å²) in [5.74, 6) is -0.0654. The number of thioether (sulfide) groups is 1. The number of aliphatic imine (C=N–C) groups is 1. The number of benzene rings is 1. The number of carbonyl (C=O) groups is 1. The lowest BCUT2D eigenvalue weighted by atomic mass is 10.1. The van der Waals surface area contributed by atoms with Crippen LogP contribution in [0.25, 0.3) is 0 Å². The van der Waals surface area contributed by atoms with Crippen molar-refractivity contribution >= 4 is 39.6 Å². The third-order valence-corrected chi connectivity index (χ3v) is 5.51. The highest BCUT2D eigenvalue weighted by Gasteiger charge is 2.31. The van der Waals surface area contributed by atoms with Crippen LogP contribution < -0.4 is 0 Å². The number of para-hydroxylation sites is 1. The van der Waals surface area contributed by atoms with Gasteiger partial charge in [0.15, 0.2) is 5.78 Å². The van der Waals surface area contributed by atoms with Crippen LogP contribution >= 0.6 is 23.1 Å². The molecule has 2 aromatic rings. The van der Waals surface area contributed by atoms with Crippen LogP contribution in [-0.4, -0.2) is 15.9 Å². The van der Waals surface area contributed by atoms with Gasteiger partial charge in [0, 0.05) is 11.3 Å². The molecule has 1 atom stereocenters. The minimum atomic E-state index is -0.0654. The van der Waals surface area contributed by atoms with Gasteiger partial charge in [-0.3, -0.25) is 4.79 Å². The van der Waals surface area contributed by atoms with Gasteiger partial charge in [-0.2, -0.15) is 0 Å². The van der Waals surface area contributed by atoms with E-state index in [4.69, 9.17) is 0 Å². The van der Waals surface area contributed by atoms with Gasteiger partial charge in [0.1, 0.15) is 5.04 Å². The van der Waals surface area contributed by atoms with Crippen LogP contribution in [-0.2, 0) is 4.79 Å². The number of hydrogen-bond donors (Lipinski definition) is 1. The maximum absolute atomic E-state index is 12.2. The normalized spacial score (nSPS) is 22.9.